The van der Waals surface area contributed by atoms with Gasteiger partial charge < -0.3 is 14.6 Å². The van der Waals surface area contributed by atoms with E-state index in [1.54, 1.807) is 7.11 Å². The van der Waals surface area contributed by atoms with Crippen LogP contribution in [0.25, 0.3) is 0 Å². The lowest BCUT2D eigenvalue weighted by molar-refractivity contribution is 0.0949. The summed E-state index contributed by atoms with van der Waals surface area (Å²) in [6.07, 6.45) is 1.54. The third kappa shape index (κ3) is 4.68. The van der Waals surface area contributed by atoms with Crippen LogP contribution in [0.5, 0.6) is 0 Å². The van der Waals surface area contributed by atoms with Crippen LogP contribution in [0.4, 0.5) is 0 Å². The largest absolute Gasteiger partial charge is 0.383 e. The number of halogens is 1. The molecule has 0 atom stereocenters. The average Bonchev–Trinajstić information content (AvgIpc) is 2.53. The molecule has 5 nitrogen and oxygen atoms in total. The lowest BCUT2D eigenvalue weighted by Gasteiger charge is -2.10. The summed E-state index contributed by atoms with van der Waals surface area (Å²) in [6.45, 7) is 3.09. The highest BCUT2D eigenvalue weighted by Gasteiger charge is 2.09. The Kier molecular flexibility index (Phi) is 5.96. The zero-order chi connectivity index (χ0) is 16.8. The molecule has 2 aromatic rings. The number of aryl methyl sites for hydroxylation is 1. The van der Waals surface area contributed by atoms with Crippen molar-refractivity contribution in [3.05, 3.63) is 68.6 Å². The van der Waals surface area contributed by atoms with E-state index in [2.05, 4.69) is 5.32 Å². The van der Waals surface area contributed by atoms with E-state index in [0.29, 0.717) is 30.3 Å². The lowest BCUT2D eigenvalue weighted by atomic mass is 10.1. The van der Waals surface area contributed by atoms with Crippen LogP contribution in [-0.4, -0.2) is 24.2 Å². The molecule has 6 heteroatoms. The zero-order valence-corrected chi connectivity index (χ0v) is 13.9. The Morgan fingerprint density at radius 3 is 2.78 bits per heavy atom. The molecule has 1 amide bonds. The molecule has 1 aromatic carbocycles. The van der Waals surface area contributed by atoms with Gasteiger partial charge >= 0.3 is 0 Å². The van der Waals surface area contributed by atoms with Crippen molar-refractivity contribution in [2.75, 3.05) is 13.7 Å². The number of hydrogen-bond acceptors (Lipinski definition) is 3. The van der Waals surface area contributed by atoms with Gasteiger partial charge in [-0.25, -0.2) is 0 Å². The van der Waals surface area contributed by atoms with Gasteiger partial charge in [0.1, 0.15) is 0 Å². The van der Waals surface area contributed by atoms with E-state index >= 15 is 0 Å². The number of rotatable bonds is 6. The van der Waals surface area contributed by atoms with Crippen LogP contribution in [0.15, 0.2) is 41.3 Å². The van der Waals surface area contributed by atoms with E-state index in [-0.39, 0.29) is 11.5 Å². The Morgan fingerprint density at radius 1 is 1.30 bits per heavy atom. The van der Waals surface area contributed by atoms with Crippen LogP contribution in [0.1, 0.15) is 21.5 Å². The molecule has 1 aromatic heterocycles. The van der Waals surface area contributed by atoms with Crippen LogP contribution in [0.3, 0.4) is 0 Å². The molecule has 122 valence electrons. The SMILES string of the molecule is COCCn1cc(C(=O)NCc2ccc(C)cc2Cl)ccc1=O. The van der Waals surface area contributed by atoms with Crippen molar-refractivity contribution in [3.8, 4) is 0 Å². The molecular formula is C17H19ClN2O3. The van der Waals surface area contributed by atoms with Gasteiger partial charge in [-0.15, -0.1) is 0 Å². The third-order valence-corrected chi connectivity index (χ3v) is 3.78. The first-order valence-electron chi connectivity index (χ1n) is 7.24. The number of aromatic nitrogens is 1. The highest BCUT2D eigenvalue weighted by atomic mass is 35.5. The van der Waals surface area contributed by atoms with Crippen LogP contribution < -0.4 is 10.9 Å². The Hall–Kier alpha value is -2.11. The Labute approximate surface area is 139 Å². The van der Waals surface area contributed by atoms with Gasteiger partial charge in [0.2, 0.25) is 0 Å². The maximum absolute atomic E-state index is 12.2. The molecule has 0 radical (unpaired) electrons. The molecule has 1 heterocycles. The zero-order valence-electron chi connectivity index (χ0n) is 13.1. The number of carbonyl (C=O) groups is 1. The number of methoxy groups -OCH3 is 1. The van der Waals surface area contributed by atoms with Crippen molar-refractivity contribution >= 4 is 17.5 Å². The Morgan fingerprint density at radius 2 is 2.09 bits per heavy atom. The molecule has 0 fully saturated rings. The minimum Gasteiger partial charge on any atom is -0.383 e. The molecule has 1 N–H and O–H groups in total. The summed E-state index contributed by atoms with van der Waals surface area (Å²) in [5.41, 5.74) is 2.16. The van der Waals surface area contributed by atoms with E-state index in [9.17, 15) is 9.59 Å². The summed E-state index contributed by atoms with van der Waals surface area (Å²) in [5, 5.41) is 3.43. The highest BCUT2D eigenvalue weighted by molar-refractivity contribution is 6.31. The molecule has 23 heavy (non-hydrogen) atoms. The molecule has 2 rings (SSSR count). The van der Waals surface area contributed by atoms with Crippen molar-refractivity contribution in [3.63, 3.8) is 0 Å². The van der Waals surface area contributed by atoms with Gasteiger partial charge in [-0.05, 0) is 30.2 Å². The quantitative estimate of drug-likeness (QED) is 0.882. The van der Waals surface area contributed by atoms with Crippen LogP contribution in [0, 0.1) is 6.92 Å². The number of hydrogen-bond donors (Lipinski definition) is 1. The van der Waals surface area contributed by atoms with Crippen molar-refractivity contribution in [2.45, 2.75) is 20.0 Å². The van der Waals surface area contributed by atoms with Crippen LogP contribution in [-0.2, 0) is 17.8 Å². The first kappa shape index (κ1) is 17.2. The minimum absolute atomic E-state index is 0.167. The van der Waals surface area contributed by atoms with E-state index in [0.717, 1.165) is 11.1 Å². The molecular weight excluding hydrogens is 316 g/mol. The van der Waals surface area contributed by atoms with E-state index < -0.39 is 0 Å². The number of amides is 1. The van der Waals surface area contributed by atoms with Gasteiger partial charge in [0.05, 0.1) is 12.2 Å². The molecule has 0 saturated heterocycles. The fraction of sp³-hybridized carbons (Fsp3) is 0.294. The summed E-state index contributed by atoms with van der Waals surface area (Å²) in [4.78, 5) is 23.9. The van der Waals surface area contributed by atoms with Gasteiger partial charge in [0, 0.05) is 37.5 Å². The average molecular weight is 335 g/mol. The van der Waals surface area contributed by atoms with E-state index in [4.69, 9.17) is 16.3 Å². The number of nitrogens with zero attached hydrogens (tertiary/aromatic N) is 1. The lowest BCUT2D eigenvalue weighted by Crippen LogP contribution is -2.27. The fourth-order valence-corrected chi connectivity index (χ4v) is 2.41. The minimum atomic E-state index is -0.257. The molecule has 0 unspecified atom stereocenters. The molecule has 0 aliphatic carbocycles. The smallest absolute Gasteiger partial charge is 0.253 e. The topological polar surface area (TPSA) is 60.3 Å². The number of carbonyl (C=O) groups excluding carboxylic acids is 1. The summed E-state index contributed by atoms with van der Waals surface area (Å²) >= 11 is 6.15. The third-order valence-electron chi connectivity index (χ3n) is 3.43. The van der Waals surface area contributed by atoms with E-state index in [1.807, 2.05) is 25.1 Å². The van der Waals surface area contributed by atoms with Gasteiger partial charge in [0.15, 0.2) is 0 Å². The van der Waals surface area contributed by atoms with Gasteiger partial charge in [-0.1, -0.05) is 23.7 Å². The standard InChI is InChI=1S/C17H19ClN2O3/c1-12-3-4-13(15(18)9-12)10-19-17(22)14-5-6-16(21)20(11-14)7-8-23-2/h3-6,9,11H,7-8,10H2,1-2H3,(H,19,22). The number of ether oxygens (including phenoxy) is 1. The molecule has 0 spiro atoms. The number of nitrogens with one attached hydrogen (secondary N) is 1. The molecule has 0 bridgehead atoms. The maximum atomic E-state index is 12.2. The number of benzene rings is 1. The first-order valence-corrected chi connectivity index (χ1v) is 7.61. The van der Waals surface area contributed by atoms with Crippen molar-refractivity contribution in [1.82, 2.24) is 9.88 Å². The predicted octanol–water partition coefficient (Wildman–Crippen LogP) is 2.39. The van der Waals surface area contributed by atoms with Crippen molar-refractivity contribution in [2.24, 2.45) is 0 Å². The monoisotopic (exact) mass is 334 g/mol. The summed E-state index contributed by atoms with van der Waals surface area (Å²) in [7, 11) is 1.56. The first-order chi connectivity index (χ1) is 11.0. The normalized spacial score (nSPS) is 10.6. The van der Waals surface area contributed by atoms with E-state index in [1.165, 1.54) is 22.9 Å². The number of pyridine rings is 1. The Balaban J connectivity index is 2.07. The highest BCUT2D eigenvalue weighted by Crippen LogP contribution is 2.17. The summed E-state index contributed by atoms with van der Waals surface area (Å²) < 4.78 is 6.41. The molecule has 0 aliphatic heterocycles. The molecule has 0 aliphatic rings. The summed E-state index contributed by atoms with van der Waals surface area (Å²) in [6, 6.07) is 8.57. The van der Waals surface area contributed by atoms with Crippen molar-refractivity contribution < 1.29 is 9.53 Å². The second kappa shape index (κ2) is 7.94. The Bertz CT molecular complexity index is 756. The van der Waals surface area contributed by atoms with Crippen molar-refractivity contribution in [1.29, 1.82) is 0 Å². The predicted molar refractivity (Wildman–Crippen MR) is 89.9 cm³/mol. The second-order valence-electron chi connectivity index (χ2n) is 5.22. The molecule has 0 saturated carbocycles. The van der Waals surface area contributed by atoms with Crippen LogP contribution in [0.2, 0.25) is 5.02 Å². The summed E-state index contributed by atoms with van der Waals surface area (Å²) in [5.74, 6) is -0.257. The van der Waals surface area contributed by atoms with Gasteiger partial charge in [-0.3, -0.25) is 9.59 Å². The van der Waals surface area contributed by atoms with Crippen LogP contribution >= 0.6 is 11.6 Å². The van der Waals surface area contributed by atoms with Gasteiger partial charge in [0.25, 0.3) is 11.5 Å². The van der Waals surface area contributed by atoms with Gasteiger partial charge in [-0.2, -0.15) is 0 Å². The fourth-order valence-electron chi connectivity index (χ4n) is 2.10. The second-order valence-corrected chi connectivity index (χ2v) is 5.63. The maximum Gasteiger partial charge on any atom is 0.253 e.